The highest BCUT2D eigenvalue weighted by Gasteiger charge is 2.04. The third-order valence-electron chi connectivity index (χ3n) is 2.46. The summed E-state index contributed by atoms with van der Waals surface area (Å²) in [5.41, 5.74) is 0. The minimum absolute atomic E-state index is 0.287. The molecule has 0 aliphatic rings. The van der Waals surface area contributed by atoms with Crippen LogP contribution in [0.4, 0.5) is 0 Å². The number of nitrogens with one attached hydrogen (secondary N) is 1. The first-order valence-corrected chi connectivity index (χ1v) is 7.36. The van der Waals surface area contributed by atoms with Crippen LogP contribution in [0.1, 0.15) is 13.3 Å². The summed E-state index contributed by atoms with van der Waals surface area (Å²) >= 11 is 3.37. The first-order valence-electron chi connectivity index (χ1n) is 6.57. The van der Waals surface area contributed by atoms with Crippen molar-refractivity contribution < 1.29 is 14.6 Å². The number of hydrogen-bond donors (Lipinski definition) is 2. The van der Waals surface area contributed by atoms with Gasteiger partial charge in [0.2, 0.25) is 0 Å². The van der Waals surface area contributed by atoms with E-state index in [1.54, 1.807) is 0 Å². The third kappa shape index (κ3) is 8.21. The van der Waals surface area contributed by atoms with Crippen LogP contribution in [-0.2, 0) is 4.74 Å². The first kappa shape index (κ1) is 16.4. The molecule has 5 heteroatoms. The number of halogens is 1. The van der Waals surface area contributed by atoms with Crippen LogP contribution in [0.3, 0.4) is 0 Å². The molecule has 1 unspecified atom stereocenters. The van der Waals surface area contributed by atoms with Crippen molar-refractivity contribution in [1.29, 1.82) is 0 Å². The molecule has 108 valence electrons. The lowest BCUT2D eigenvalue weighted by Gasteiger charge is -2.13. The Labute approximate surface area is 123 Å². The van der Waals surface area contributed by atoms with Crippen molar-refractivity contribution in [3.8, 4) is 5.75 Å². The van der Waals surface area contributed by atoms with Crippen LogP contribution in [0.5, 0.6) is 5.75 Å². The van der Waals surface area contributed by atoms with Crippen LogP contribution in [-0.4, -0.2) is 44.1 Å². The van der Waals surface area contributed by atoms with Crippen molar-refractivity contribution in [1.82, 2.24) is 5.32 Å². The van der Waals surface area contributed by atoms with Crippen LogP contribution in [0.2, 0.25) is 0 Å². The van der Waals surface area contributed by atoms with E-state index >= 15 is 0 Å². The van der Waals surface area contributed by atoms with Gasteiger partial charge in [-0.1, -0.05) is 22.0 Å². The van der Waals surface area contributed by atoms with Crippen molar-refractivity contribution in [3.05, 3.63) is 28.7 Å². The van der Waals surface area contributed by atoms with Crippen LogP contribution in [0.15, 0.2) is 28.7 Å². The SMILES string of the molecule is CCOCCCNCC(O)COc1cccc(Br)c1. The van der Waals surface area contributed by atoms with Crippen molar-refractivity contribution in [2.45, 2.75) is 19.4 Å². The van der Waals surface area contributed by atoms with E-state index in [4.69, 9.17) is 9.47 Å². The Morgan fingerprint density at radius 1 is 1.42 bits per heavy atom. The number of ether oxygens (including phenoxy) is 2. The van der Waals surface area contributed by atoms with Gasteiger partial charge in [0.05, 0.1) is 0 Å². The summed E-state index contributed by atoms with van der Waals surface area (Å²) in [5, 5.41) is 12.9. The van der Waals surface area contributed by atoms with E-state index in [-0.39, 0.29) is 6.61 Å². The van der Waals surface area contributed by atoms with Gasteiger partial charge in [-0.15, -0.1) is 0 Å². The quantitative estimate of drug-likeness (QED) is 0.645. The molecule has 1 rings (SSSR count). The summed E-state index contributed by atoms with van der Waals surface area (Å²) in [7, 11) is 0. The molecular weight excluding hydrogens is 310 g/mol. The normalized spacial score (nSPS) is 12.4. The highest BCUT2D eigenvalue weighted by molar-refractivity contribution is 9.10. The molecule has 0 saturated heterocycles. The highest BCUT2D eigenvalue weighted by Crippen LogP contribution is 2.17. The number of aliphatic hydroxyl groups is 1. The summed E-state index contributed by atoms with van der Waals surface area (Å²) in [6.07, 6.45) is 0.443. The maximum absolute atomic E-state index is 9.75. The van der Waals surface area contributed by atoms with E-state index in [1.165, 1.54) is 0 Å². The molecule has 0 aromatic heterocycles. The Morgan fingerprint density at radius 3 is 3.00 bits per heavy atom. The fourth-order valence-corrected chi connectivity index (χ4v) is 1.90. The molecule has 0 aliphatic carbocycles. The Bertz CT molecular complexity index is 349. The Balaban J connectivity index is 2.06. The molecule has 0 aliphatic heterocycles. The number of aliphatic hydroxyl groups excluding tert-OH is 1. The Morgan fingerprint density at radius 2 is 2.26 bits per heavy atom. The highest BCUT2D eigenvalue weighted by atomic mass is 79.9. The zero-order valence-corrected chi connectivity index (χ0v) is 12.9. The molecule has 0 amide bonds. The second kappa shape index (κ2) is 10.2. The fraction of sp³-hybridized carbons (Fsp3) is 0.571. The van der Waals surface area contributed by atoms with Gasteiger partial charge in [0, 0.05) is 24.2 Å². The van der Waals surface area contributed by atoms with Gasteiger partial charge in [-0.05, 0) is 38.1 Å². The van der Waals surface area contributed by atoms with E-state index in [0.717, 1.165) is 36.4 Å². The average Bonchev–Trinajstić information content (AvgIpc) is 2.40. The lowest BCUT2D eigenvalue weighted by molar-refractivity contribution is 0.104. The van der Waals surface area contributed by atoms with E-state index in [1.807, 2.05) is 31.2 Å². The summed E-state index contributed by atoms with van der Waals surface area (Å²) in [6, 6.07) is 7.58. The Hall–Kier alpha value is -0.620. The summed E-state index contributed by atoms with van der Waals surface area (Å²) in [4.78, 5) is 0. The molecule has 0 radical (unpaired) electrons. The van der Waals surface area contributed by atoms with Crippen molar-refractivity contribution in [2.75, 3.05) is 32.9 Å². The second-order valence-electron chi connectivity index (χ2n) is 4.18. The van der Waals surface area contributed by atoms with Crippen molar-refractivity contribution in [3.63, 3.8) is 0 Å². The van der Waals surface area contributed by atoms with Crippen LogP contribution >= 0.6 is 15.9 Å². The maximum atomic E-state index is 9.75. The molecule has 1 aromatic carbocycles. The number of hydrogen-bond acceptors (Lipinski definition) is 4. The summed E-state index contributed by atoms with van der Waals surface area (Å²) in [6.45, 7) is 5.15. The summed E-state index contributed by atoms with van der Waals surface area (Å²) in [5.74, 6) is 0.754. The van der Waals surface area contributed by atoms with Gasteiger partial charge in [0.25, 0.3) is 0 Å². The molecule has 1 atom stereocenters. The van der Waals surface area contributed by atoms with Gasteiger partial charge in [-0.25, -0.2) is 0 Å². The molecule has 2 N–H and O–H groups in total. The number of benzene rings is 1. The van der Waals surface area contributed by atoms with Gasteiger partial charge in [-0.2, -0.15) is 0 Å². The average molecular weight is 332 g/mol. The van der Waals surface area contributed by atoms with E-state index < -0.39 is 6.10 Å². The molecule has 0 spiro atoms. The zero-order chi connectivity index (χ0) is 13.9. The van der Waals surface area contributed by atoms with Gasteiger partial charge < -0.3 is 19.9 Å². The molecular formula is C14H22BrNO3. The predicted octanol–water partition coefficient (Wildman–Crippen LogP) is 2.21. The van der Waals surface area contributed by atoms with Gasteiger partial charge in [-0.3, -0.25) is 0 Å². The van der Waals surface area contributed by atoms with E-state index in [2.05, 4.69) is 21.2 Å². The van der Waals surface area contributed by atoms with E-state index in [0.29, 0.717) is 6.54 Å². The predicted molar refractivity (Wildman–Crippen MR) is 79.6 cm³/mol. The van der Waals surface area contributed by atoms with Gasteiger partial charge >= 0.3 is 0 Å². The molecule has 19 heavy (non-hydrogen) atoms. The zero-order valence-electron chi connectivity index (χ0n) is 11.3. The van der Waals surface area contributed by atoms with Crippen LogP contribution in [0.25, 0.3) is 0 Å². The van der Waals surface area contributed by atoms with Gasteiger partial charge in [0.15, 0.2) is 0 Å². The third-order valence-corrected chi connectivity index (χ3v) is 2.96. The minimum atomic E-state index is -0.508. The molecule has 4 nitrogen and oxygen atoms in total. The largest absolute Gasteiger partial charge is 0.491 e. The number of rotatable bonds is 10. The molecule has 0 heterocycles. The van der Waals surface area contributed by atoms with Crippen LogP contribution < -0.4 is 10.1 Å². The molecule has 1 aromatic rings. The lowest BCUT2D eigenvalue weighted by Crippen LogP contribution is -2.32. The first-order chi connectivity index (χ1) is 9.22. The lowest BCUT2D eigenvalue weighted by atomic mass is 10.3. The van der Waals surface area contributed by atoms with Gasteiger partial charge in [0.1, 0.15) is 18.5 Å². The molecule has 0 bridgehead atoms. The topological polar surface area (TPSA) is 50.7 Å². The van der Waals surface area contributed by atoms with Crippen LogP contribution in [0, 0.1) is 0 Å². The smallest absolute Gasteiger partial charge is 0.120 e. The minimum Gasteiger partial charge on any atom is -0.491 e. The molecule has 0 saturated carbocycles. The maximum Gasteiger partial charge on any atom is 0.120 e. The monoisotopic (exact) mass is 331 g/mol. The molecule has 0 fully saturated rings. The standard InChI is InChI=1S/C14H22BrNO3/c1-2-18-8-4-7-16-10-13(17)11-19-14-6-3-5-12(15)9-14/h3,5-6,9,13,16-17H,2,4,7-8,10-11H2,1H3. The van der Waals surface area contributed by atoms with E-state index in [9.17, 15) is 5.11 Å². The van der Waals surface area contributed by atoms with Crippen molar-refractivity contribution >= 4 is 15.9 Å². The Kier molecular flexibility index (Phi) is 8.82. The fourth-order valence-electron chi connectivity index (χ4n) is 1.52. The second-order valence-corrected chi connectivity index (χ2v) is 5.09. The van der Waals surface area contributed by atoms with Crippen molar-refractivity contribution in [2.24, 2.45) is 0 Å². The summed E-state index contributed by atoms with van der Waals surface area (Å²) < 4.78 is 11.7.